The van der Waals surface area contributed by atoms with Crippen molar-refractivity contribution < 1.29 is 4.74 Å². The van der Waals surface area contributed by atoms with E-state index in [1.54, 1.807) is 0 Å². The summed E-state index contributed by atoms with van der Waals surface area (Å²) >= 11 is 0.500. The molecule has 1 aliphatic heterocycles. The molecule has 13 heavy (non-hydrogen) atoms. The summed E-state index contributed by atoms with van der Waals surface area (Å²) in [5, 5.41) is 0. The molecule has 1 atom stereocenters. The molecule has 1 heterocycles. The van der Waals surface area contributed by atoms with Gasteiger partial charge in [-0.05, 0) is 0 Å². The van der Waals surface area contributed by atoms with Crippen molar-refractivity contribution in [1.29, 1.82) is 0 Å². The topological polar surface area (TPSA) is 9.23 Å². The first-order chi connectivity index (χ1) is 6.45. The number of alkyl halides is 1. The minimum absolute atomic E-state index is 0.211. The van der Waals surface area contributed by atoms with Crippen molar-refractivity contribution in [2.24, 2.45) is 0 Å². The second-order valence-electron chi connectivity index (χ2n) is 2.69. The predicted octanol–water partition coefficient (Wildman–Crippen LogP) is 3.38. The van der Waals surface area contributed by atoms with Crippen LogP contribution in [0.15, 0.2) is 40.5 Å². The van der Waals surface area contributed by atoms with Gasteiger partial charge in [0.25, 0.3) is 0 Å². The maximum absolute atomic E-state index is 5.79. The Bertz CT molecular complexity index is 284. The summed E-state index contributed by atoms with van der Waals surface area (Å²) in [7, 11) is 0. The molecule has 0 radical (unpaired) electrons. The number of rotatable bonds is 3. The van der Waals surface area contributed by atoms with Gasteiger partial charge in [-0.25, -0.2) is 0 Å². The van der Waals surface area contributed by atoms with E-state index in [1.807, 2.05) is 6.07 Å². The number of hydrogen-bond donors (Lipinski definition) is 0. The van der Waals surface area contributed by atoms with Crippen LogP contribution in [0.25, 0.3) is 0 Å². The Labute approximate surface area is 95.1 Å². The Kier molecular flexibility index (Phi) is 4.05. The molecule has 2 rings (SSSR count). The van der Waals surface area contributed by atoms with E-state index in [-0.39, 0.29) is 34.5 Å². The Morgan fingerprint density at radius 3 is 2.77 bits per heavy atom. The summed E-state index contributed by atoms with van der Waals surface area (Å²) in [5.74, 6) is 0. The molecule has 0 bridgehead atoms. The zero-order chi connectivity index (χ0) is 8.93. The van der Waals surface area contributed by atoms with Gasteiger partial charge in [0.15, 0.2) is 0 Å². The molecule has 1 unspecified atom stereocenters. The predicted molar refractivity (Wildman–Crippen MR) is 75.0 cm³/mol. The van der Waals surface area contributed by atoms with E-state index in [9.17, 15) is 0 Å². The van der Waals surface area contributed by atoms with Gasteiger partial charge in [0.05, 0.1) is 0 Å². The van der Waals surface area contributed by atoms with Crippen molar-refractivity contribution in [2.45, 2.75) is 10.7 Å². The summed E-state index contributed by atoms with van der Waals surface area (Å²) < 4.78 is 8.71. The van der Waals surface area contributed by atoms with Crippen LogP contribution in [0.5, 0.6) is 0 Å². The van der Waals surface area contributed by atoms with Crippen molar-refractivity contribution in [1.82, 2.24) is 0 Å². The van der Waals surface area contributed by atoms with E-state index in [0.29, 0.717) is 4.11 Å². The Balaban J connectivity index is 1.82. The van der Waals surface area contributed by atoms with Crippen molar-refractivity contribution in [3.05, 3.63) is 46.1 Å². The summed E-state index contributed by atoms with van der Waals surface area (Å²) in [5.41, 5.74) is 1.29. The second-order valence-corrected chi connectivity index (χ2v) is 13.3. The number of benzene rings is 1. The second kappa shape index (κ2) is 5.31. The quantitative estimate of drug-likeness (QED) is 0.557. The van der Waals surface area contributed by atoms with Crippen molar-refractivity contribution in [2.75, 3.05) is 0 Å². The Morgan fingerprint density at radius 2 is 2.08 bits per heavy atom. The molecule has 0 aromatic heterocycles. The third kappa shape index (κ3) is 3.21. The number of hydrogen-bond acceptors (Lipinski definition) is 1. The van der Waals surface area contributed by atoms with Crippen molar-refractivity contribution in [3.8, 4) is 0 Å². The van der Waals surface area contributed by atoms with E-state index in [1.165, 1.54) is 5.56 Å². The van der Waals surface area contributed by atoms with E-state index >= 15 is 0 Å². The van der Waals surface area contributed by atoms with Gasteiger partial charge in [-0.15, -0.1) is 0 Å². The van der Waals surface area contributed by atoms with Crippen LogP contribution < -0.4 is 0 Å². The van der Waals surface area contributed by atoms with Gasteiger partial charge in [0, 0.05) is 0 Å². The van der Waals surface area contributed by atoms with Gasteiger partial charge in [-0.2, -0.15) is 0 Å². The SMILES string of the molecule is C1=CC(OCc2ccccc2)[IH][IH]1. The van der Waals surface area contributed by atoms with Gasteiger partial charge < -0.3 is 0 Å². The van der Waals surface area contributed by atoms with Gasteiger partial charge in [0.2, 0.25) is 0 Å². The van der Waals surface area contributed by atoms with E-state index in [2.05, 4.69) is 34.4 Å². The van der Waals surface area contributed by atoms with E-state index in [0.717, 1.165) is 6.61 Å². The molecule has 3 heteroatoms. The molecule has 0 amide bonds. The minimum atomic E-state index is 0.211. The average Bonchev–Trinajstić information content (AvgIpc) is 2.69. The molecular weight excluding hydrogens is 390 g/mol. The van der Waals surface area contributed by atoms with E-state index in [4.69, 9.17) is 4.74 Å². The van der Waals surface area contributed by atoms with Crippen LogP contribution in [0.2, 0.25) is 0 Å². The number of halogens is 2. The van der Waals surface area contributed by atoms with Crippen LogP contribution in [-0.2, 0) is 11.3 Å². The third-order valence-electron chi connectivity index (χ3n) is 1.70. The molecule has 0 saturated heterocycles. The zero-order valence-corrected chi connectivity index (χ0v) is 11.7. The molecule has 72 valence electrons. The molecule has 1 aromatic rings. The van der Waals surface area contributed by atoms with Crippen LogP contribution in [0.3, 0.4) is 0 Å². The molecule has 0 N–H and O–H groups in total. The molecule has 1 nitrogen and oxygen atoms in total. The normalized spacial score (nSPS) is 22.0. The average molecular weight is 402 g/mol. The van der Waals surface area contributed by atoms with Crippen LogP contribution in [0, 0.1) is 0 Å². The fourth-order valence-corrected chi connectivity index (χ4v) is 10.7. The van der Waals surface area contributed by atoms with Crippen molar-refractivity contribution in [3.63, 3.8) is 0 Å². The Morgan fingerprint density at radius 1 is 1.23 bits per heavy atom. The molecule has 0 spiro atoms. The van der Waals surface area contributed by atoms with Crippen molar-refractivity contribution >= 4 is 34.5 Å². The first-order valence-corrected chi connectivity index (χ1v) is 14.1. The maximum atomic E-state index is 5.79. The first-order valence-electron chi connectivity index (χ1n) is 4.09. The number of ether oxygens (including phenoxy) is 1. The molecule has 1 aromatic carbocycles. The molecule has 0 aliphatic carbocycles. The fraction of sp³-hybridized carbons (Fsp3) is 0.200. The van der Waals surface area contributed by atoms with Gasteiger partial charge >= 0.3 is 96.0 Å². The van der Waals surface area contributed by atoms with Crippen LogP contribution in [0.4, 0.5) is 0 Å². The third-order valence-corrected chi connectivity index (χ3v) is 12.0. The summed E-state index contributed by atoms with van der Waals surface area (Å²) in [6.45, 7) is 0.785. The van der Waals surface area contributed by atoms with Gasteiger partial charge in [-0.3, -0.25) is 0 Å². The zero-order valence-electron chi connectivity index (χ0n) is 7.05. The van der Waals surface area contributed by atoms with Crippen LogP contribution in [-0.4, -0.2) is 4.11 Å². The van der Waals surface area contributed by atoms with Gasteiger partial charge in [0.1, 0.15) is 0 Å². The van der Waals surface area contributed by atoms with Gasteiger partial charge in [-0.1, -0.05) is 0 Å². The fourth-order valence-electron chi connectivity index (χ4n) is 1.05. The van der Waals surface area contributed by atoms with Crippen LogP contribution >= 0.6 is 34.5 Å². The summed E-state index contributed by atoms with van der Waals surface area (Å²) in [6, 6.07) is 10.4. The standard InChI is InChI=1S/C10H12I2O/c1-2-4-9(5-3-1)8-13-10-6-7-11-12-10/h1-7,10-12H,8H2. The Hall–Kier alpha value is 0.380. The monoisotopic (exact) mass is 402 g/mol. The van der Waals surface area contributed by atoms with E-state index < -0.39 is 0 Å². The summed E-state index contributed by atoms with van der Waals surface area (Å²) in [6.07, 6.45) is 2.27. The molecule has 1 aliphatic rings. The molecule has 0 fully saturated rings. The van der Waals surface area contributed by atoms with Crippen LogP contribution in [0.1, 0.15) is 5.56 Å². The molecular formula is C10H12I2O. The first kappa shape index (κ1) is 9.92. The summed E-state index contributed by atoms with van der Waals surface area (Å²) in [4.78, 5) is 0. The molecule has 0 saturated carbocycles.